The molecule has 1 fully saturated rings. The van der Waals surface area contributed by atoms with Crippen LogP contribution in [0.25, 0.3) is 4.96 Å². The molecule has 1 saturated heterocycles. The zero-order valence-electron chi connectivity index (χ0n) is 12.1. The lowest BCUT2D eigenvalue weighted by atomic mass is 10.4. The quantitative estimate of drug-likeness (QED) is 0.897. The first-order valence-corrected chi connectivity index (χ1v) is 9.25. The molecule has 0 saturated carbocycles. The Labute approximate surface area is 128 Å². The summed E-state index contributed by atoms with van der Waals surface area (Å²) in [7, 11) is -1.84. The molecule has 1 N–H and O–H groups in total. The van der Waals surface area contributed by atoms with Crippen molar-refractivity contribution in [2.75, 3.05) is 45.1 Å². The lowest BCUT2D eigenvalue weighted by Gasteiger charge is -2.33. The molecule has 3 rings (SSSR count). The van der Waals surface area contributed by atoms with Crippen LogP contribution in [-0.4, -0.2) is 66.8 Å². The van der Waals surface area contributed by atoms with Crippen LogP contribution in [-0.2, 0) is 10.0 Å². The van der Waals surface area contributed by atoms with E-state index in [0.29, 0.717) is 23.9 Å². The second-order valence-corrected chi connectivity index (χ2v) is 7.64. The summed E-state index contributed by atoms with van der Waals surface area (Å²) in [6.45, 7) is 5.64. The average Bonchev–Trinajstić information content (AvgIpc) is 3.06. The molecule has 0 aliphatic carbocycles. The molecule has 2 aromatic heterocycles. The molecule has 2 aromatic rings. The highest BCUT2D eigenvalue weighted by molar-refractivity contribution is 7.89. The van der Waals surface area contributed by atoms with Gasteiger partial charge in [-0.05, 0) is 6.54 Å². The number of fused-ring (bicyclic) bond motifs is 1. The lowest BCUT2D eigenvalue weighted by molar-refractivity contribution is 0.196. The van der Waals surface area contributed by atoms with Crippen molar-refractivity contribution in [2.45, 2.75) is 11.9 Å². The maximum atomic E-state index is 12.9. The molecule has 0 aromatic carbocycles. The van der Waals surface area contributed by atoms with Crippen LogP contribution in [0.4, 0.5) is 5.82 Å². The number of anilines is 1. The number of sulfonamides is 1. The molecule has 0 spiro atoms. The Kier molecular flexibility index (Phi) is 3.91. The van der Waals surface area contributed by atoms with E-state index in [4.69, 9.17) is 0 Å². The summed E-state index contributed by atoms with van der Waals surface area (Å²) in [6, 6.07) is 0. The summed E-state index contributed by atoms with van der Waals surface area (Å²) in [6.07, 6.45) is 1.75. The minimum Gasteiger partial charge on any atom is -0.371 e. The van der Waals surface area contributed by atoms with Crippen molar-refractivity contribution in [2.24, 2.45) is 0 Å². The molecule has 9 heteroatoms. The van der Waals surface area contributed by atoms with Crippen molar-refractivity contribution in [3.8, 4) is 0 Å². The number of aromatic nitrogens is 2. The number of hydrogen-bond donors (Lipinski definition) is 1. The van der Waals surface area contributed by atoms with Gasteiger partial charge >= 0.3 is 0 Å². The molecule has 0 radical (unpaired) electrons. The smallest absolute Gasteiger partial charge is 0.262 e. The Morgan fingerprint density at radius 1 is 1.33 bits per heavy atom. The Morgan fingerprint density at radius 3 is 2.67 bits per heavy atom. The molecule has 3 heterocycles. The zero-order valence-corrected chi connectivity index (χ0v) is 13.7. The summed E-state index contributed by atoms with van der Waals surface area (Å²) in [4.78, 5) is 7.27. The van der Waals surface area contributed by atoms with Gasteiger partial charge in [-0.1, -0.05) is 6.92 Å². The fourth-order valence-corrected chi connectivity index (χ4v) is 5.03. The largest absolute Gasteiger partial charge is 0.371 e. The van der Waals surface area contributed by atoms with Crippen molar-refractivity contribution in [1.82, 2.24) is 18.6 Å². The van der Waals surface area contributed by atoms with Crippen LogP contribution in [0.1, 0.15) is 6.92 Å². The first-order chi connectivity index (χ1) is 10.1. The molecule has 0 atom stereocenters. The van der Waals surface area contributed by atoms with E-state index >= 15 is 0 Å². The highest BCUT2D eigenvalue weighted by atomic mass is 32.2. The van der Waals surface area contributed by atoms with Crippen LogP contribution < -0.4 is 5.32 Å². The lowest BCUT2D eigenvalue weighted by Crippen LogP contribution is -2.48. The number of hydrogen-bond acceptors (Lipinski definition) is 6. The minimum absolute atomic E-state index is 0.242. The van der Waals surface area contributed by atoms with Gasteiger partial charge in [0.05, 0.1) is 0 Å². The predicted octanol–water partition coefficient (Wildman–Crippen LogP) is 0.764. The third-order valence-corrected chi connectivity index (χ3v) is 6.50. The van der Waals surface area contributed by atoms with Gasteiger partial charge in [-0.25, -0.2) is 13.4 Å². The molecule has 116 valence electrons. The fourth-order valence-electron chi connectivity index (χ4n) is 2.58. The number of thiazole rings is 1. The molecule has 1 aliphatic heterocycles. The topological polar surface area (TPSA) is 70.0 Å². The van der Waals surface area contributed by atoms with Crippen molar-refractivity contribution in [3.05, 3.63) is 11.6 Å². The Bertz CT molecular complexity index is 728. The van der Waals surface area contributed by atoms with E-state index in [9.17, 15) is 8.42 Å². The number of likely N-dealkylation sites (N-methyl/N-ethyl adjacent to an activating group) is 1. The number of nitrogens with zero attached hydrogens (tertiary/aromatic N) is 4. The van der Waals surface area contributed by atoms with Gasteiger partial charge in [-0.2, -0.15) is 4.31 Å². The zero-order chi connectivity index (χ0) is 15.0. The standard InChI is InChI=1S/C12H19N5O2S2/c1-3-15-4-6-16(7-5-15)21(18,19)11-10(13-2)14-12-17(11)8-9-20-12/h8-9,13H,3-7H2,1-2H3. The highest BCUT2D eigenvalue weighted by Gasteiger charge is 2.33. The van der Waals surface area contributed by atoms with E-state index in [2.05, 4.69) is 22.1 Å². The Morgan fingerprint density at radius 2 is 2.05 bits per heavy atom. The molecule has 0 unspecified atom stereocenters. The van der Waals surface area contributed by atoms with Gasteiger partial charge in [0, 0.05) is 44.8 Å². The maximum absolute atomic E-state index is 12.9. The number of piperazine rings is 1. The molecular formula is C12H19N5O2S2. The third kappa shape index (κ3) is 2.44. The predicted molar refractivity (Wildman–Crippen MR) is 83.5 cm³/mol. The normalized spacial score (nSPS) is 18.4. The van der Waals surface area contributed by atoms with Crippen molar-refractivity contribution in [3.63, 3.8) is 0 Å². The van der Waals surface area contributed by atoms with Crippen molar-refractivity contribution < 1.29 is 8.42 Å². The van der Waals surface area contributed by atoms with Crippen LogP contribution >= 0.6 is 11.3 Å². The van der Waals surface area contributed by atoms with E-state index in [-0.39, 0.29) is 5.03 Å². The first-order valence-electron chi connectivity index (χ1n) is 6.93. The van der Waals surface area contributed by atoms with E-state index in [1.165, 1.54) is 11.3 Å². The van der Waals surface area contributed by atoms with Gasteiger partial charge in [0.25, 0.3) is 10.0 Å². The second kappa shape index (κ2) is 5.56. The minimum atomic E-state index is -3.54. The molecular weight excluding hydrogens is 310 g/mol. The molecule has 0 amide bonds. The van der Waals surface area contributed by atoms with Crippen molar-refractivity contribution >= 4 is 32.1 Å². The summed E-state index contributed by atoms with van der Waals surface area (Å²) >= 11 is 1.43. The van der Waals surface area contributed by atoms with Gasteiger partial charge in [0.15, 0.2) is 15.8 Å². The SMILES string of the molecule is CCN1CCN(S(=O)(=O)c2c(NC)nc3sccn23)CC1. The van der Waals surface area contributed by atoms with E-state index in [1.54, 1.807) is 22.0 Å². The summed E-state index contributed by atoms with van der Waals surface area (Å²) in [5.41, 5.74) is 0. The molecule has 0 bridgehead atoms. The molecule has 1 aliphatic rings. The summed E-state index contributed by atoms with van der Waals surface area (Å²) in [5, 5.41) is 4.98. The first kappa shape index (κ1) is 14.8. The summed E-state index contributed by atoms with van der Waals surface area (Å²) < 4.78 is 29.1. The monoisotopic (exact) mass is 329 g/mol. The number of imidazole rings is 1. The van der Waals surface area contributed by atoms with Crippen LogP contribution in [0.15, 0.2) is 16.6 Å². The third-order valence-electron chi connectivity index (χ3n) is 3.82. The number of nitrogens with one attached hydrogen (secondary N) is 1. The Hall–Kier alpha value is -1.16. The summed E-state index contributed by atoms with van der Waals surface area (Å²) in [5.74, 6) is 0.416. The van der Waals surface area contributed by atoms with Gasteiger partial charge in [-0.15, -0.1) is 11.3 Å². The number of rotatable bonds is 4. The van der Waals surface area contributed by atoms with Gasteiger partial charge in [0.1, 0.15) is 0 Å². The van der Waals surface area contributed by atoms with E-state index < -0.39 is 10.0 Å². The highest BCUT2D eigenvalue weighted by Crippen LogP contribution is 2.28. The van der Waals surface area contributed by atoms with Crippen LogP contribution in [0.5, 0.6) is 0 Å². The van der Waals surface area contributed by atoms with Crippen LogP contribution in [0.3, 0.4) is 0 Å². The van der Waals surface area contributed by atoms with Gasteiger partial charge in [0.2, 0.25) is 0 Å². The molecule has 21 heavy (non-hydrogen) atoms. The Balaban J connectivity index is 1.98. The van der Waals surface area contributed by atoms with E-state index in [0.717, 1.165) is 19.6 Å². The van der Waals surface area contributed by atoms with Gasteiger partial charge < -0.3 is 10.2 Å². The van der Waals surface area contributed by atoms with Crippen LogP contribution in [0, 0.1) is 0 Å². The van der Waals surface area contributed by atoms with E-state index in [1.807, 2.05) is 5.38 Å². The second-order valence-electron chi connectivity index (χ2n) is 4.91. The molecule has 7 nitrogen and oxygen atoms in total. The maximum Gasteiger partial charge on any atom is 0.262 e. The van der Waals surface area contributed by atoms with Crippen molar-refractivity contribution in [1.29, 1.82) is 0 Å². The average molecular weight is 329 g/mol. The fraction of sp³-hybridized carbons (Fsp3) is 0.583. The van der Waals surface area contributed by atoms with Crippen LogP contribution in [0.2, 0.25) is 0 Å². The van der Waals surface area contributed by atoms with Gasteiger partial charge in [-0.3, -0.25) is 4.40 Å².